The molecule has 1 N–H and O–H groups in total. The van der Waals surface area contributed by atoms with Crippen molar-refractivity contribution in [1.82, 2.24) is 0 Å². The van der Waals surface area contributed by atoms with E-state index < -0.39 is 16.7 Å². The summed E-state index contributed by atoms with van der Waals surface area (Å²) in [7, 11) is 1.55. The predicted molar refractivity (Wildman–Crippen MR) is 79.4 cm³/mol. The molecule has 0 fully saturated rings. The molecule has 0 heterocycles. The van der Waals surface area contributed by atoms with E-state index in [1.807, 2.05) is 0 Å². The molecule has 0 aliphatic rings. The highest BCUT2D eigenvalue weighted by molar-refractivity contribution is 6.19. The van der Waals surface area contributed by atoms with Crippen LogP contribution in [0.25, 0.3) is 6.08 Å². The molecule has 0 atom stereocenters. The van der Waals surface area contributed by atoms with Gasteiger partial charge in [-0.05, 0) is 36.6 Å². The summed E-state index contributed by atoms with van der Waals surface area (Å²) in [6.07, 6.45) is 2.56. The van der Waals surface area contributed by atoms with Gasteiger partial charge in [-0.15, -0.1) is 0 Å². The lowest BCUT2D eigenvalue weighted by molar-refractivity contribution is -0.384. The molecule has 0 aliphatic heterocycles. The summed E-state index contributed by atoms with van der Waals surface area (Å²) in [6, 6.07) is 5.32. The van der Waals surface area contributed by atoms with Crippen LogP contribution in [-0.4, -0.2) is 35.5 Å². The summed E-state index contributed by atoms with van der Waals surface area (Å²) in [5, 5.41) is 19.7. The van der Waals surface area contributed by atoms with E-state index in [1.165, 1.54) is 30.3 Å². The molecule has 0 radical (unpaired) electrons. The van der Waals surface area contributed by atoms with Crippen molar-refractivity contribution < 1.29 is 24.4 Å². The van der Waals surface area contributed by atoms with Crippen molar-refractivity contribution in [3.05, 3.63) is 45.5 Å². The summed E-state index contributed by atoms with van der Waals surface area (Å²) in [6.45, 7) is 0.516. The minimum atomic E-state index is -1.31. The largest absolute Gasteiger partial charge is 0.478 e. The molecule has 0 aliphatic carbocycles. The highest BCUT2D eigenvalue weighted by Gasteiger charge is 2.17. The van der Waals surface area contributed by atoms with Crippen molar-refractivity contribution in [2.45, 2.75) is 19.3 Å². The lowest BCUT2D eigenvalue weighted by Crippen LogP contribution is -2.12. The molecule has 1 aromatic rings. The predicted octanol–water partition coefficient (Wildman–Crippen LogP) is 2.45. The third-order valence-electron chi connectivity index (χ3n) is 2.95. The van der Waals surface area contributed by atoms with Crippen LogP contribution in [0.5, 0.6) is 0 Å². The first-order valence-electron chi connectivity index (χ1n) is 6.67. The van der Waals surface area contributed by atoms with Crippen LogP contribution in [0.15, 0.2) is 29.8 Å². The van der Waals surface area contributed by atoms with Gasteiger partial charge in [0.1, 0.15) is 5.57 Å². The van der Waals surface area contributed by atoms with Gasteiger partial charge >= 0.3 is 5.97 Å². The van der Waals surface area contributed by atoms with E-state index in [0.717, 1.165) is 0 Å². The van der Waals surface area contributed by atoms with Gasteiger partial charge in [0.15, 0.2) is 5.78 Å². The number of carboxylic acid groups (broad SMARTS) is 1. The second-order valence-electron chi connectivity index (χ2n) is 4.58. The van der Waals surface area contributed by atoms with Crippen LogP contribution in [0, 0.1) is 10.1 Å². The van der Waals surface area contributed by atoms with Crippen LogP contribution in [-0.2, 0) is 14.3 Å². The highest BCUT2D eigenvalue weighted by Crippen LogP contribution is 2.16. The van der Waals surface area contributed by atoms with Crippen LogP contribution in [0.1, 0.15) is 24.8 Å². The average molecular weight is 307 g/mol. The maximum Gasteiger partial charge on any atom is 0.339 e. The average Bonchev–Trinajstić information content (AvgIpc) is 2.49. The first-order valence-corrected chi connectivity index (χ1v) is 6.67. The molecule has 7 heteroatoms. The van der Waals surface area contributed by atoms with Crippen molar-refractivity contribution >= 4 is 23.5 Å². The molecule has 0 unspecified atom stereocenters. The topological polar surface area (TPSA) is 107 Å². The number of carbonyl (C=O) groups is 2. The summed E-state index contributed by atoms with van der Waals surface area (Å²) in [4.78, 5) is 33.1. The Labute approximate surface area is 127 Å². The lowest BCUT2D eigenvalue weighted by Gasteiger charge is -2.03. The number of ether oxygens (including phenoxy) is 1. The van der Waals surface area contributed by atoms with Crippen molar-refractivity contribution in [2.24, 2.45) is 0 Å². The number of unbranched alkanes of at least 4 members (excludes halogenated alkanes) is 1. The molecule has 0 aromatic heterocycles. The monoisotopic (exact) mass is 307 g/mol. The van der Waals surface area contributed by atoms with Crippen LogP contribution in [0.3, 0.4) is 0 Å². The van der Waals surface area contributed by atoms with E-state index >= 15 is 0 Å². The second kappa shape index (κ2) is 8.68. The standard InChI is InChI=1S/C15H17NO6/c1-22-9-3-2-4-14(17)13(15(18)19)10-11-5-7-12(8-6-11)16(20)21/h5-8,10H,2-4,9H2,1H3,(H,18,19)/b13-10+. The van der Waals surface area contributed by atoms with Crippen LogP contribution >= 0.6 is 0 Å². The normalized spacial score (nSPS) is 11.2. The fourth-order valence-electron chi connectivity index (χ4n) is 1.79. The fourth-order valence-corrected chi connectivity index (χ4v) is 1.79. The Hall–Kier alpha value is -2.54. The van der Waals surface area contributed by atoms with Crippen LogP contribution in [0.2, 0.25) is 0 Å². The van der Waals surface area contributed by atoms with Crippen LogP contribution in [0.4, 0.5) is 5.69 Å². The second-order valence-corrected chi connectivity index (χ2v) is 4.58. The van der Waals surface area contributed by atoms with Crippen molar-refractivity contribution in [1.29, 1.82) is 0 Å². The number of nitro benzene ring substituents is 1. The number of Topliss-reactive ketones (excluding diaryl/α,β-unsaturated/α-hetero) is 1. The summed E-state index contributed by atoms with van der Waals surface area (Å²) >= 11 is 0. The van der Waals surface area contributed by atoms with E-state index in [4.69, 9.17) is 9.84 Å². The van der Waals surface area contributed by atoms with Crippen molar-refractivity contribution in [3.63, 3.8) is 0 Å². The number of benzene rings is 1. The number of rotatable bonds is 9. The van der Waals surface area contributed by atoms with Crippen molar-refractivity contribution in [2.75, 3.05) is 13.7 Å². The Balaban J connectivity index is 2.83. The van der Waals surface area contributed by atoms with E-state index in [-0.39, 0.29) is 17.7 Å². The van der Waals surface area contributed by atoms with Gasteiger partial charge in [-0.2, -0.15) is 0 Å². The van der Waals surface area contributed by atoms with Gasteiger partial charge in [0, 0.05) is 32.3 Å². The summed E-state index contributed by atoms with van der Waals surface area (Å²) in [5.41, 5.74) is -0.000529. The molecule has 1 rings (SSSR count). The molecule has 22 heavy (non-hydrogen) atoms. The zero-order chi connectivity index (χ0) is 16.5. The van der Waals surface area contributed by atoms with E-state index in [1.54, 1.807) is 7.11 Å². The maximum atomic E-state index is 11.9. The fraction of sp³-hybridized carbons (Fsp3) is 0.333. The Morgan fingerprint density at radius 1 is 1.27 bits per heavy atom. The first-order chi connectivity index (χ1) is 10.5. The Kier molecular flexibility index (Phi) is 6.91. The molecular weight excluding hydrogens is 290 g/mol. The third-order valence-corrected chi connectivity index (χ3v) is 2.95. The quantitative estimate of drug-likeness (QED) is 0.187. The smallest absolute Gasteiger partial charge is 0.339 e. The minimum absolute atomic E-state index is 0.0973. The number of carbonyl (C=O) groups excluding carboxylic acids is 1. The number of hydrogen-bond acceptors (Lipinski definition) is 5. The summed E-state index contributed by atoms with van der Waals surface area (Å²) < 4.78 is 4.86. The third kappa shape index (κ3) is 5.45. The Bertz CT molecular complexity index is 576. The molecule has 0 bridgehead atoms. The lowest BCUT2D eigenvalue weighted by atomic mass is 10.0. The molecule has 0 saturated heterocycles. The minimum Gasteiger partial charge on any atom is -0.478 e. The molecule has 1 aromatic carbocycles. The van der Waals surface area contributed by atoms with Crippen LogP contribution < -0.4 is 0 Å². The first kappa shape index (κ1) is 17.5. The van der Waals surface area contributed by atoms with Gasteiger partial charge in [0.05, 0.1) is 4.92 Å². The van der Waals surface area contributed by atoms with E-state index in [9.17, 15) is 19.7 Å². The van der Waals surface area contributed by atoms with E-state index in [0.29, 0.717) is 25.0 Å². The number of ketones is 1. The molecule has 118 valence electrons. The van der Waals surface area contributed by atoms with Gasteiger partial charge < -0.3 is 9.84 Å². The Morgan fingerprint density at radius 2 is 1.91 bits per heavy atom. The maximum absolute atomic E-state index is 11.9. The molecule has 0 spiro atoms. The van der Waals surface area contributed by atoms with Gasteiger partial charge in [-0.25, -0.2) is 4.79 Å². The van der Waals surface area contributed by atoms with Gasteiger partial charge in [0.25, 0.3) is 5.69 Å². The van der Waals surface area contributed by atoms with Gasteiger partial charge in [-0.1, -0.05) is 0 Å². The molecule has 0 amide bonds. The van der Waals surface area contributed by atoms with E-state index in [2.05, 4.69) is 0 Å². The number of methoxy groups -OCH3 is 1. The molecule has 7 nitrogen and oxygen atoms in total. The number of nitrogens with zero attached hydrogens (tertiary/aromatic N) is 1. The van der Waals surface area contributed by atoms with Gasteiger partial charge in [-0.3, -0.25) is 14.9 Å². The zero-order valence-corrected chi connectivity index (χ0v) is 12.2. The number of aliphatic carboxylic acids is 1. The number of nitro groups is 1. The van der Waals surface area contributed by atoms with Crippen molar-refractivity contribution in [3.8, 4) is 0 Å². The molecular formula is C15H17NO6. The SMILES string of the molecule is COCCCCC(=O)/C(=C\c1ccc([N+](=O)[O-])cc1)C(=O)O. The number of non-ortho nitro benzene ring substituents is 1. The number of hydrogen-bond donors (Lipinski definition) is 1. The molecule has 0 saturated carbocycles. The summed E-state index contributed by atoms with van der Waals surface area (Å²) in [5.74, 6) is -1.78. The zero-order valence-electron chi connectivity index (χ0n) is 12.2. The number of carboxylic acids is 1. The Morgan fingerprint density at radius 3 is 2.41 bits per heavy atom. The highest BCUT2D eigenvalue weighted by atomic mass is 16.6. The van der Waals surface area contributed by atoms with Gasteiger partial charge in [0.2, 0.25) is 0 Å².